The molecule has 0 aliphatic rings. The molecule has 1 aromatic heterocycles. The van der Waals surface area contributed by atoms with Gasteiger partial charge in [-0.3, -0.25) is 4.68 Å². The Morgan fingerprint density at radius 2 is 2.31 bits per heavy atom. The minimum Gasteiger partial charge on any atom is -0.508 e. The first-order valence-electron chi connectivity index (χ1n) is 5.02. The molecule has 16 heavy (non-hydrogen) atoms. The first kappa shape index (κ1) is 10.5. The standard InChI is InChI=1S/C11H12N2O3/c1-2-9(11(15)16)13-10-5-8(14)4-3-7(10)6-12-13/h3-6,9,14H,2H2,1H3,(H,15,16). The quantitative estimate of drug-likeness (QED) is 0.826. The van der Waals surface area contributed by atoms with Gasteiger partial charge in [0.1, 0.15) is 11.8 Å². The van der Waals surface area contributed by atoms with Crippen LogP contribution < -0.4 is 0 Å². The maximum absolute atomic E-state index is 11.0. The van der Waals surface area contributed by atoms with Crippen LogP contribution in [0.25, 0.3) is 10.9 Å². The molecule has 84 valence electrons. The van der Waals surface area contributed by atoms with E-state index < -0.39 is 12.0 Å². The highest BCUT2D eigenvalue weighted by molar-refractivity contribution is 5.82. The molecule has 0 aliphatic carbocycles. The Kier molecular flexibility index (Phi) is 2.52. The first-order valence-corrected chi connectivity index (χ1v) is 5.02. The van der Waals surface area contributed by atoms with E-state index in [1.807, 2.05) is 0 Å². The molecule has 0 aliphatic heterocycles. The molecule has 1 aromatic carbocycles. The van der Waals surface area contributed by atoms with E-state index >= 15 is 0 Å². The fourth-order valence-electron chi connectivity index (χ4n) is 1.73. The molecule has 1 unspecified atom stereocenters. The monoisotopic (exact) mass is 220 g/mol. The molecule has 5 heteroatoms. The van der Waals surface area contributed by atoms with Crippen molar-refractivity contribution in [1.82, 2.24) is 9.78 Å². The zero-order chi connectivity index (χ0) is 11.7. The number of hydrogen-bond donors (Lipinski definition) is 2. The van der Waals surface area contributed by atoms with Gasteiger partial charge >= 0.3 is 5.97 Å². The summed E-state index contributed by atoms with van der Waals surface area (Å²) in [6.07, 6.45) is 2.04. The van der Waals surface area contributed by atoms with Crippen LogP contribution in [-0.4, -0.2) is 26.0 Å². The number of carboxylic acids is 1. The van der Waals surface area contributed by atoms with Gasteiger partial charge in [-0.1, -0.05) is 6.92 Å². The highest BCUT2D eigenvalue weighted by atomic mass is 16.4. The van der Waals surface area contributed by atoms with Crippen LogP contribution in [0.3, 0.4) is 0 Å². The van der Waals surface area contributed by atoms with Gasteiger partial charge in [-0.15, -0.1) is 0 Å². The molecule has 0 amide bonds. The number of carboxylic acid groups (broad SMARTS) is 1. The van der Waals surface area contributed by atoms with E-state index in [2.05, 4.69) is 5.10 Å². The van der Waals surface area contributed by atoms with Gasteiger partial charge < -0.3 is 10.2 Å². The Morgan fingerprint density at radius 3 is 2.94 bits per heavy atom. The number of rotatable bonds is 3. The van der Waals surface area contributed by atoms with E-state index in [-0.39, 0.29) is 5.75 Å². The van der Waals surface area contributed by atoms with Crippen molar-refractivity contribution in [3.05, 3.63) is 24.4 Å². The first-order chi connectivity index (χ1) is 7.63. The Hall–Kier alpha value is -2.04. The molecule has 0 saturated carbocycles. The number of benzene rings is 1. The van der Waals surface area contributed by atoms with Gasteiger partial charge in [-0.25, -0.2) is 4.79 Å². The molecule has 2 rings (SSSR count). The lowest BCUT2D eigenvalue weighted by atomic mass is 10.2. The van der Waals surface area contributed by atoms with Crippen molar-refractivity contribution in [2.24, 2.45) is 0 Å². The maximum atomic E-state index is 11.0. The molecule has 0 bridgehead atoms. The van der Waals surface area contributed by atoms with E-state index in [0.29, 0.717) is 11.9 Å². The highest BCUT2D eigenvalue weighted by Crippen LogP contribution is 2.23. The maximum Gasteiger partial charge on any atom is 0.328 e. The summed E-state index contributed by atoms with van der Waals surface area (Å²) in [6.45, 7) is 1.79. The number of nitrogens with zero attached hydrogens (tertiary/aromatic N) is 2. The van der Waals surface area contributed by atoms with Crippen LogP contribution in [0.2, 0.25) is 0 Å². The van der Waals surface area contributed by atoms with Crippen LogP contribution in [0, 0.1) is 0 Å². The van der Waals surface area contributed by atoms with Crippen molar-refractivity contribution < 1.29 is 15.0 Å². The summed E-state index contributed by atoms with van der Waals surface area (Å²) >= 11 is 0. The van der Waals surface area contributed by atoms with Gasteiger partial charge in [0.05, 0.1) is 11.7 Å². The largest absolute Gasteiger partial charge is 0.508 e. The predicted octanol–water partition coefficient (Wildman–Crippen LogP) is 1.78. The van der Waals surface area contributed by atoms with Crippen molar-refractivity contribution in [3.63, 3.8) is 0 Å². The topological polar surface area (TPSA) is 75.3 Å². The number of hydrogen-bond acceptors (Lipinski definition) is 3. The van der Waals surface area contributed by atoms with E-state index in [9.17, 15) is 9.90 Å². The van der Waals surface area contributed by atoms with Crippen molar-refractivity contribution in [1.29, 1.82) is 0 Å². The van der Waals surface area contributed by atoms with Crippen molar-refractivity contribution in [3.8, 4) is 5.75 Å². The second-order valence-electron chi connectivity index (χ2n) is 3.59. The van der Waals surface area contributed by atoms with Crippen molar-refractivity contribution >= 4 is 16.9 Å². The fourth-order valence-corrected chi connectivity index (χ4v) is 1.73. The number of fused-ring (bicyclic) bond motifs is 1. The Bertz CT molecular complexity index is 533. The summed E-state index contributed by atoms with van der Waals surface area (Å²) in [7, 11) is 0. The molecular formula is C11H12N2O3. The summed E-state index contributed by atoms with van der Waals surface area (Å²) < 4.78 is 1.43. The Balaban J connectivity index is 2.59. The Morgan fingerprint density at radius 1 is 1.56 bits per heavy atom. The number of phenols is 1. The van der Waals surface area contributed by atoms with Gasteiger partial charge in [0.2, 0.25) is 0 Å². The number of phenolic OH excluding ortho intramolecular Hbond substituents is 1. The van der Waals surface area contributed by atoms with Crippen LogP contribution in [-0.2, 0) is 4.79 Å². The second-order valence-corrected chi connectivity index (χ2v) is 3.59. The average molecular weight is 220 g/mol. The third-order valence-electron chi connectivity index (χ3n) is 2.55. The zero-order valence-corrected chi connectivity index (χ0v) is 8.79. The van der Waals surface area contributed by atoms with E-state index in [0.717, 1.165) is 5.39 Å². The molecule has 0 spiro atoms. The average Bonchev–Trinajstić information content (AvgIpc) is 2.62. The molecule has 0 radical (unpaired) electrons. The van der Waals surface area contributed by atoms with Gasteiger partial charge in [0, 0.05) is 11.5 Å². The van der Waals surface area contributed by atoms with Gasteiger partial charge in [-0.2, -0.15) is 5.10 Å². The third kappa shape index (κ3) is 1.60. The fraction of sp³-hybridized carbons (Fsp3) is 0.273. The molecule has 0 saturated heterocycles. The van der Waals surface area contributed by atoms with E-state index in [1.54, 1.807) is 25.3 Å². The van der Waals surface area contributed by atoms with Crippen molar-refractivity contribution in [2.45, 2.75) is 19.4 Å². The molecule has 1 heterocycles. The summed E-state index contributed by atoms with van der Waals surface area (Å²) in [5, 5.41) is 23.3. The lowest BCUT2D eigenvalue weighted by Gasteiger charge is -2.11. The number of carbonyl (C=O) groups is 1. The smallest absolute Gasteiger partial charge is 0.328 e. The molecule has 2 N–H and O–H groups in total. The molecule has 2 aromatic rings. The van der Waals surface area contributed by atoms with Gasteiger partial charge in [0.15, 0.2) is 0 Å². The lowest BCUT2D eigenvalue weighted by Crippen LogP contribution is -2.19. The van der Waals surface area contributed by atoms with Gasteiger partial charge in [0.25, 0.3) is 0 Å². The highest BCUT2D eigenvalue weighted by Gasteiger charge is 2.20. The molecular weight excluding hydrogens is 208 g/mol. The van der Waals surface area contributed by atoms with Crippen molar-refractivity contribution in [2.75, 3.05) is 0 Å². The van der Waals surface area contributed by atoms with Crippen LogP contribution in [0.1, 0.15) is 19.4 Å². The summed E-state index contributed by atoms with van der Waals surface area (Å²) in [4.78, 5) is 11.0. The van der Waals surface area contributed by atoms with E-state index in [4.69, 9.17) is 5.11 Å². The molecule has 1 atom stereocenters. The predicted molar refractivity (Wildman–Crippen MR) is 58.4 cm³/mol. The SMILES string of the molecule is CCC(C(=O)O)n1ncc2ccc(O)cc21. The summed E-state index contributed by atoms with van der Waals surface area (Å²) in [5.41, 5.74) is 0.634. The number of aliphatic carboxylic acids is 1. The molecule has 5 nitrogen and oxygen atoms in total. The minimum atomic E-state index is -0.921. The number of aromatic hydroxyl groups is 1. The number of aromatic nitrogens is 2. The molecule has 0 fully saturated rings. The van der Waals surface area contributed by atoms with Crippen LogP contribution in [0.4, 0.5) is 0 Å². The third-order valence-corrected chi connectivity index (χ3v) is 2.55. The van der Waals surface area contributed by atoms with Gasteiger partial charge in [-0.05, 0) is 18.6 Å². The Labute approximate surface area is 91.9 Å². The van der Waals surface area contributed by atoms with Crippen LogP contribution >= 0.6 is 0 Å². The second kappa shape index (κ2) is 3.84. The summed E-state index contributed by atoms with van der Waals surface area (Å²) in [6, 6.07) is 4.09. The van der Waals surface area contributed by atoms with E-state index in [1.165, 1.54) is 10.7 Å². The van der Waals surface area contributed by atoms with Crippen LogP contribution in [0.5, 0.6) is 5.75 Å². The lowest BCUT2D eigenvalue weighted by molar-refractivity contribution is -0.141. The zero-order valence-electron chi connectivity index (χ0n) is 8.79. The summed E-state index contributed by atoms with van der Waals surface area (Å²) in [5.74, 6) is -0.815. The normalized spacial score (nSPS) is 12.8. The minimum absolute atomic E-state index is 0.106. The van der Waals surface area contributed by atoms with Crippen LogP contribution in [0.15, 0.2) is 24.4 Å².